The number of benzene rings is 1. The van der Waals surface area contributed by atoms with E-state index in [9.17, 15) is 27.2 Å². The molecule has 1 saturated heterocycles. The lowest BCUT2D eigenvalue weighted by Gasteiger charge is -2.35. The molecule has 1 aliphatic heterocycles. The molecular weight excluding hydrogens is 390 g/mol. The number of anilines is 1. The Morgan fingerprint density at radius 2 is 2.03 bits per heavy atom. The first-order valence-electron chi connectivity index (χ1n) is 9.22. The summed E-state index contributed by atoms with van der Waals surface area (Å²) in [6.45, 7) is 2.36. The summed E-state index contributed by atoms with van der Waals surface area (Å²) in [4.78, 5) is 26.1. The van der Waals surface area contributed by atoms with Crippen LogP contribution < -0.4 is 15.8 Å². The molecule has 1 aromatic carbocycles. The van der Waals surface area contributed by atoms with Crippen LogP contribution in [0.2, 0.25) is 0 Å². The summed E-state index contributed by atoms with van der Waals surface area (Å²) in [5.74, 6) is -0.916. The van der Waals surface area contributed by atoms with Gasteiger partial charge in [0.05, 0.1) is 5.69 Å². The molecule has 0 bridgehead atoms. The van der Waals surface area contributed by atoms with E-state index >= 15 is 0 Å². The lowest BCUT2D eigenvalue weighted by molar-refractivity contribution is -0.139. The largest absolute Gasteiger partial charge is 0.421 e. The number of halogens is 4. The first-order chi connectivity index (χ1) is 13.6. The normalized spacial score (nSPS) is 17.3. The van der Waals surface area contributed by atoms with E-state index in [0.717, 1.165) is 28.8 Å². The Labute approximate surface area is 164 Å². The number of carbonyl (C=O) groups is 1. The highest BCUT2D eigenvalue weighted by Gasteiger charge is 2.34. The molecule has 3 rings (SSSR count). The van der Waals surface area contributed by atoms with Crippen LogP contribution in [0.15, 0.2) is 41.3 Å². The van der Waals surface area contributed by atoms with E-state index in [1.807, 2.05) is 11.8 Å². The van der Waals surface area contributed by atoms with Crippen molar-refractivity contribution in [3.8, 4) is 0 Å². The maximum absolute atomic E-state index is 14.2. The van der Waals surface area contributed by atoms with Crippen LogP contribution in [0.25, 0.3) is 0 Å². The molecule has 0 radical (unpaired) electrons. The van der Waals surface area contributed by atoms with Crippen LogP contribution in [0.3, 0.4) is 0 Å². The van der Waals surface area contributed by atoms with Crippen molar-refractivity contribution < 1.29 is 22.4 Å². The zero-order valence-corrected chi connectivity index (χ0v) is 15.8. The molecular formula is C20H21F4N3O2. The van der Waals surface area contributed by atoms with Crippen molar-refractivity contribution in [1.82, 2.24) is 9.88 Å². The number of aromatic nitrogens is 1. The van der Waals surface area contributed by atoms with Crippen LogP contribution >= 0.6 is 0 Å². The Morgan fingerprint density at radius 3 is 2.76 bits per heavy atom. The number of aryl methyl sites for hydroxylation is 1. The van der Waals surface area contributed by atoms with Gasteiger partial charge < -0.3 is 14.8 Å². The van der Waals surface area contributed by atoms with Gasteiger partial charge in [-0.2, -0.15) is 13.2 Å². The molecule has 1 atom stereocenters. The summed E-state index contributed by atoms with van der Waals surface area (Å²) < 4.78 is 53.4. The van der Waals surface area contributed by atoms with E-state index in [1.165, 1.54) is 6.07 Å². The van der Waals surface area contributed by atoms with Gasteiger partial charge in [-0.3, -0.25) is 9.59 Å². The summed E-state index contributed by atoms with van der Waals surface area (Å²) in [5, 5.41) is 2.74. The predicted molar refractivity (Wildman–Crippen MR) is 100 cm³/mol. The minimum Gasteiger partial charge on any atom is -0.367 e. The Kier molecular flexibility index (Phi) is 5.95. The summed E-state index contributed by atoms with van der Waals surface area (Å²) in [6, 6.07) is 6.29. The van der Waals surface area contributed by atoms with Crippen molar-refractivity contribution in [2.45, 2.75) is 38.5 Å². The molecule has 1 amide bonds. The van der Waals surface area contributed by atoms with Crippen LogP contribution in [0, 0.1) is 12.7 Å². The fourth-order valence-electron chi connectivity index (χ4n) is 3.48. The minimum atomic E-state index is -4.78. The SMILES string of the molecule is Cc1ccc(F)c(N2CCCC(NC(=O)Cn3cccc(C(F)(F)F)c3=O)C2)c1. The molecule has 5 nitrogen and oxygen atoms in total. The van der Waals surface area contributed by atoms with Gasteiger partial charge in [-0.25, -0.2) is 4.39 Å². The van der Waals surface area contributed by atoms with E-state index < -0.39 is 29.8 Å². The first-order valence-corrected chi connectivity index (χ1v) is 9.22. The third kappa shape index (κ3) is 4.96. The minimum absolute atomic E-state index is 0.294. The van der Waals surface area contributed by atoms with Gasteiger partial charge in [0.2, 0.25) is 5.91 Å². The second kappa shape index (κ2) is 8.26. The molecule has 9 heteroatoms. The number of piperidine rings is 1. The lowest BCUT2D eigenvalue weighted by Crippen LogP contribution is -2.49. The average Bonchev–Trinajstić information content (AvgIpc) is 2.64. The molecule has 1 aromatic heterocycles. The van der Waals surface area contributed by atoms with Crippen LogP contribution in [0.1, 0.15) is 24.0 Å². The highest BCUT2D eigenvalue weighted by molar-refractivity contribution is 5.76. The van der Waals surface area contributed by atoms with Crippen LogP contribution in [0.5, 0.6) is 0 Å². The number of amides is 1. The van der Waals surface area contributed by atoms with Gasteiger partial charge >= 0.3 is 6.18 Å². The van der Waals surface area contributed by atoms with Gasteiger partial charge in [-0.1, -0.05) is 6.07 Å². The number of alkyl halides is 3. The van der Waals surface area contributed by atoms with Gasteiger partial charge in [0.15, 0.2) is 0 Å². The van der Waals surface area contributed by atoms with Gasteiger partial charge in [0.25, 0.3) is 5.56 Å². The fraction of sp³-hybridized carbons (Fsp3) is 0.400. The Hall–Kier alpha value is -2.84. The zero-order chi connectivity index (χ0) is 21.2. The summed E-state index contributed by atoms with van der Waals surface area (Å²) >= 11 is 0. The highest BCUT2D eigenvalue weighted by Crippen LogP contribution is 2.26. The fourth-order valence-corrected chi connectivity index (χ4v) is 3.48. The Balaban J connectivity index is 1.67. The van der Waals surface area contributed by atoms with Crippen molar-refractivity contribution in [1.29, 1.82) is 0 Å². The molecule has 0 aliphatic carbocycles. The lowest BCUT2D eigenvalue weighted by atomic mass is 10.0. The van der Waals surface area contributed by atoms with E-state index in [2.05, 4.69) is 5.32 Å². The standard InChI is InChI=1S/C20H21F4N3O2/c1-13-6-7-16(21)17(10-13)26-8-2-4-14(11-26)25-18(28)12-27-9-3-5-15(19(27)29)20(22,23)24/h3,5-7,9-10,14H,2,4,8,11-12H2,1H3,(H,25,28). The number of nitrogens with one attached hydrogen (secondary N) is 1. The number of pyridine rings is 1. The topological polar surface area (TPSA) is 54.3 Å². The first kappa shape index (κ1) is 20.9. The smallest absolute Gasteiger partial charge is 0.367 e. The van der Waals surface area contributed by atoms with Crippen molar-refractivity contribution >= 4 is 11.6 Å². The molecule has 0 saturated carbocycles. The van der Waals surface area contributed by atoms with Crippen molar-refractivity contribution in [3.63, 3.8) is 0 Å². The van der Waals surface area contributed by atoms with Crippen molar-refractivity contribution in [2.75, 3.05) is 18.0 Å². The number of hydrogen-bond donors (Lipinski definition) is 1. The van der Waals surface area contributed by atoms with Crippen LogP contribution in [-0.4, -0.2) is 29.6 Å². The van der Waals surface area contributed by atoms with Gasteiger partial charge in [-0.05, 0) is 49.6 Å². The third-order valence-corrected chi connectivity index (χ3v) is 4.87. The van der Waals surface area contributed by atoms with E-state index in [0.29, 0.717) is 31.3 Å². The Bertz CT molecular complexity index is 955. The van der Waals surface area contributed by atoms with E-state index in [1.54, 1.807) is 12.1 Å². The molecule has 2 heterocycles. The predicted octanol–water partition coefficient (Wildman–Crippen LogP) is 3.10. The molecule has 0 spiro atoms. The van der Waals surface area contributed by atoms with E-state index in [-0.39, 0.29) is 11.9 Å². The molecule has 1 aliphatic rings. The molecule has 156 valence electrons. The summed E-state index contributed by atoms with van der Waals surface area (Å²) in [7, 11) is 0. The summed E-state index contributed by atoms with van der Waals surface area (Å²) in [6.07, 6.45) is -2.25. The number of rotatable bonds is 4. The van der Waals surface area contributed by atoms with Crippen LogP contribution in [-0.2, 0) is 17.5 Å². The average molecular weight is 411 g/mol. The van der Waals surface area contributed by atoms with Crippen LogP contribution in [0.4, 0.5) is 23.2 Å². The number of carbonyl (C=O) groups excluding carboxylic acids is 1. The van der Waals surface area contributed by atoms with Crippen molar-refractivity contribution in [3.05, 3.63) is 63.8 Å². The number of nitrogens with zero attached hydrogens (tertiary/aromatic N) is 2. The quantitative estimate of drug-likeness (QED) is 0.787. The van der Waals surface area contributed by atoms with Crippen molar-refractivity contribution in [2.24, 2.45) is 0 Å². The molecule has 1 N–H and O–H groups in total. The molecule has 1 fully saturated rings. The second-order valence-electron chi connectivity index (χ2n) is 7.16. The number of hydrogen-bond acceptors (Lipinski definition) is 3. The maximum atomic E-state index is 14.2. The van der Waals surface area contributed by atoms with Gasteiger partial charge in [0, 0.05) is 25.3 Å². The summed E-state index contributed by atoms with van der Waals surface area (Å²) in [5.41, 5.74) is -1.21. The van der Waals surface area contributed by atoms with Gasteiger partial charge in [-0.15, -0.1) is 0 Å². The molecule has 29 heavy (non-hydrogen) atoms. The maximum Gasteiger partial charge on any atom is 0.421 e. The van der Waals surface area contributed by atoms with E-state index in [4.69, 9.17) is 0 Å². The molecule has 1 unspecified atom stereocenters. The third-order valence-electron chi connectivity index (χ3n) is 4.87. The second-order valence-corrected chi connectivity index (χ2v) is 7.16. The molecule has 2 aromatic rings. The van der Waals surface area contributed by atoms with Gasteiger partial charge in [0.1, 0.15) is 17.9 Å². The Morgan fingerprint density at radius 1 is 1.28 bits per heavy atom. The monoisotopic (exact) mass is 411 g/mol. The zero-order valence-electron chi connectivity index (χ0n) is 15.8. The highest BCUT2D eigenvalue weighted by atomic mass is 19.4.